The highest BCUT2D eigenvalue weighted by molar-refractivity contribution is 6.30. The molecule has 0 spiro atoms. The minimum atomic E-state index is -0.0976. The highest BCUT2D eigenvalue weighted by atomic mass is 35.5. The summed E-state index contributed by atoms with van der Waals surface area (Å²) in [6, 6.07) is 16.1. The second-order valence-corrected chi connectivity index (χ2v) is 8.48. The number of likely N-dealkylation sites (N-methyl/N-ethyl adjacent to an activating group) is 1. The Morgan fingerprint density at radius 3 is 2.28 bits per heavy atom. The number of anilines is 2. The van der Waals surface area contributed by atoms with Crippen LogP contribution in [0.15, 0.2) is 48.5 Å². The second kappa shape index (κ2) is 8.74. The molecule has 6 heteroatoms. The van der Waals surface area contributed by atoms with E-state index in [0.29, 0.717) is 6.54 Å². The van der Waals surface area contributed by atoms with E-state index in [2.05, 4.69) is 52.9 Å². The predicted octanol–water partition coefficient (Wildman–Crippen LogP) is 3.33. The van der Waals surface area contributed by atoms with Crippen molar-refractivity contribution in [1.82, 2.24) is 9.80 Å². The van der Waals surface area contributed by atoms with E-state index in [-0.39, 0.29) is 11.9 Å². The molecule has 29 heavy (non-hydrogen) atoms. The van der Waals surface area contributed by atoms with Gasteiger partial charge in [-0.3, -0.25) is 9.69 Å². The van der Waals surface area contributed by atoms with Crippen LogP contribution in [-0.4, -0.2) is 68.1 Å². The van der Waals surface area contributed by atoms with Crippen LogP contribution < -0.4 is 9.80 Å². The molecule has 2 aliphatic rings. The molecule has 0 N–H and O–H groups in total. The number of halogens is 1. The van der Waals surface area contributed by atoms with Crippen LogP contribution >= 0.6 is 11.6 Å². The zero-order valence-electron chi connectivity index (χ0n) is 17.2. The van der Waals surface area contributed by atoms with Crippen molar-refractivity contribution < 1.29 is 4.79 Å². The minimum absolute atomic E-state index is 0.0976. The topological polar surface area (TPSA) is 30.0 Å². The number of benzene rings is 2. The Morgan fingerprint density at radius 2 is 1.59 bits per heavy atom. The summed E-state index contributed by atoms with van der Waals surface area (Å²) in [5.74, 6) is 0.202. The zero-order chi connectivity index (χ0) is 20.4. The molecule has 1 atom stereocenters. The van der Waals surface area contributed by atoms with E-state index in [1.54, 1.807) is 0 Å². The van der Waals surface area contributed by atoms with Gasteiger partial charge in [0.15, 0.2) is 0 Å². The van der Waals surface area contributed by atoms with Crippen LogP contribution in [0.25, 0.3) is 0 Å². The van der Waals surface area contributed by atoms with Gasteiger partial charge >= 0.3 is 0 Å². The minimum Gasteiger partial charge on any atom is -0.364 e. The smallest absolute Gasteiger partial charge is 0.244 e. The number of fused-ring (bicyclic) bond motifs is 1. The van der Waals surface area contributed by atoms with Gasteiger partial charge in [-0.05, 0) is 43.8 Å². The first kappa shape index (κ1) is 20.2. The van der Waals surface area contributed by atoms with E-state index in [1.165, 1.54) is 5.56 Å². The van der Waals surface area contributed by atoms with Crippen molar-refractivity contribution in [3.63, 3.8) is 0 Å². The van der Waals surface area contributed by atoms with Crippen molar-refractivity contribution >= 4 is 28.9 Å². The lowest BCUT2D eigenvalue weighted by Gasteiger charge is -2.41. The maximum absolute atomic E-state index is 13.4. The van der Waals surface area contributed by atoms with Gasteiger partial charge < -0.3 is 14.7 Å². The molecule has 4 rings (SSSR count). The maximum atomic E-state index is 13.4. The predicted molar refractivity (Wildman–Crippen MR) is 120 cm³/mol. The summed E-state index contributed by atoms with van der Waals surface area (Å²) in [7, 11) is 2.14. The number of amides is 1. The first-order chi connectivity index (χ1) is 14.0. The van der Waals surface area contributed by atoms with Crippen LogP contribution in [0.3, 0.4) is 0 Å². The summed E-state index contributed by atoms with van der Waals surface area (Å²) in [6.07, 6.45) is 0. The molecule has 2 heterocycles. The van der Waals surface area contributed by atoms with Crippen molar-refractivity contribution in [1.29, 1.82) is 0 Å². The fraction of sp³-hybridized carbons (Fsp3) is 0.435. The average Bonchev–Trinajstić information content (AvgIpc) is 2.75. The number of hydrogen-bond acceptors (Lipinski definition) is 4. The average molecular weight is 413 g/mol. The van der Waals surface area contributed by atoms with E-state index in [9.17, 15) is 4.79 Å². The lowest BCUT2D eigenvalue weighted by molar-refractivity contribution is -0.123. The van der Waals surface area contributed by atoms with Gasteiger partial charge in [-0.2, -0.15) is 0 Å². The molecule has 0 aromatic heterocycles. The molecule has 1 fully saturated rings. The summed E-state index contributed by atoms with van der Waals surface area (Å²) in [4.78, 5) is 22.3. The van der Waals surface area contributed by atoms with E-state index in [4.69, 9.17) is 11.6 Å². The number of piperazine rings is 1. The molecular weight excluding hydrogens is 384 g/mol. The summed E-state index contributed by atoms with van der Waals surface area (Å²) in [6.45, 7) is 8.32. The fourth-order valence-electron chi connectivity index (χ4n) is 4.22. The molecule has 1 amide bonds. The summed E-state index contributed by atoms with van der Waals surface area (Å²) < 4.78 is 0. The van der Waals surface area contributed by atoms with Crippen LogP contribution in [0, 0.1) is 0 Å². The zero-order valence-corrected chi connectivity index (χ0v) is 18.0. The monoisotopic (exact) mass is 412 g/mol. The first-order valence-electron chi connectivity index (χ1n) is 10.4. The Balaban J connectivity index is 1.51. The van der Waals surface area contributed by atoms with Gasteiger partial charge in [-0.15, -0.1) is 0 Å². The van der Waals surface area contributed by atoms with Gasteiger partial charge in [-0.1, -0.05) is 35.9 Å². The standard InChI is InChI=1S/C23H29ClN4O/c1-18(26-13-11-25(2)12-14-26)23(29)28-16-15-27(21-5-3-4-6-22(21)28)17-19-7-9-20(24)10-8-19/h3-10,18H,11-17H2,1-2H3. The summed E-state index contributed by atoms with van der Waals surface area (Å²) >= 11 is 6.03. The molecule has 2 aliphatic heterocycles. The lowest BCUT2D eigenvalue weighted by Crippen LogP contribution is -2.55. The summed E-state index contributed by atoms with van der Waals surface area (Å²) in [5, 5.41) is 0.752. The molecule has 2 aromatic carbocycles. The SMILES string of the molecule is CC(C(=O)N1CCN(Cc2ccc(Cl)cc2)c2ccccc21)N1CCN(C)CC1. The Kier molecular flexibility index (Phi) is 6.09. The van der Waals surface area contributed by atoms with Gasteiger partial charge in [0.2, 0.25) is 5.91 Å². The van der Waals surface area contributed by atoms with E-state index < -0.39 is 0 Å². The number of carbonyl (C=O) groups excluding carboxylic acids is 1. The summed E-state index contributed by atoms with van der Waals surface area (Å²) in [5.41, 5.74) is 3.35. The third kappa shape index (κ3) is 4.42. The van der Waals surface area contributed by atoms with Gasteiger partial charge in [0.05, 0.1) is 17.4 Å². The van der Waals surface area contributed by atoms with Crippen LogP contribution in [0.1, 0.15) is 12.5 Å². The van der Waals surface area contributed by atoms with E-state index >= 15 is 0 Å². The molecule has 0 radical (unpaired) electrons. The van der Waals surface area contributed by atoms with Crippen LogP contribution in [-0.2, 0) is 11.3 Å². The largest absolute Gasteiger partial charge is 0.364 e. The molecule has 2 aromatic rings. The molecule has 1 saturated heterocycles. The van der Waals surface area contributed by atoms with E-state index in [0.717, 1.165) is 55.7 Å². The molecule has 0 aliphatic carbocycles. The first-order valence-corrected chi connectivity index (χ1v) is 10.7. The Morgan fingerprint density at radius 1 is 0.931 bits per heavy atom. The number of nitrogens with zero attached hydrogens (tertiary/aromatic N) is 4. The van der Waals surface area contributed by atoms with Crippen molar-refractivity contribution in [3.8, 4) is 0 Å². The number of carbonyl (C=O) groups is 1. The third-order valence-corrected chi connectivity index (χ3v) is 6.35. The molecule has 154 valence electrons. The number of para-hydroxylation sites is 2. The molecule has 1 unspecified atom stereocenters. The Bertz CT molecular complexity index is 848. The van der Waals surface area contributed by atoms with Gasteiger partial charge in [0.1, 0.15) is 0 Å². The highest BCUT2D eigenvalue weighted by Crippen LogP contribution is 2.34. The van der Waals surface area contributed by atoms with Crippen LogP contribution in [0.5, 0.6) is 0 Å². The Hall–Kier alpha value is -2.08. The van der Waals surface area contributed by atoms with E-state index in [1.807, 2.05) is 29.2 Å². The second-order valence-electron chi connectivity index (χ2n) is 8.04. The fourth-order valence-corrected chi connectivity index (χ4v) is 4.34. The number of hydrogen-bond donors (Lipinski definition) is 0. The Labute approximate surface area is 178 Å². The normalized spacial score (nSPS) is 19.1. The third-order valence-electron chi connectivity index (χ3n) is 6.10. The van der Waals surface area contributed by atoms with Crippen molar-refractivity contribution in [2.45, 2.75) is 19.5 Å². The van der Waals surface area contributed by atoms with Gasteiger partial charge in [0, 0.05) is 50.8 Å². The van der Waals surface area contributed by atoms with Crippen LogP contribution in [0.4, 0.5) is 11.4 Å². The van der Waals surface area contributed by atoms with Crippen molar-refractivity contribution in [2.24, 2.45) is 0 Å². The highest BCUT2D eigenvalue weighted by Gasteiger charge is 2.32. The molecule has 0 bridgehead atoms. The number of rotatable bonds is 4. The van der Waals surface area contributed by atoms with Gasteiger partial charge in [0.25, 0.3) is 0 Å². The van der Waals surface area contributed by atoms with Crippen molar-refractivity contribution in [3.05, 3.63) is 59.1 Å². The molecule has 0 saturated carbocycles. The quantitative estimate of drug-likeness (QED) is 0.770. The maximum Gasteiger partial charge on any atom is 0.244 e. The van der Waals surface area contributed by atoms with Crippen LogP contribution in [0.2, 0.25) is 5.02 Å². The lowest BCUT2D eigenvalue weighted by atomic mass is 10.1. The van der Waals surface area contributed by atoms with Crippen molar-refractivity contribution in [2.75, 3.05) is 56.1 Å². The molecule has 5 nitrogen and oxygen atoms in total. The van der Waals surface area contributed by atoms with Gasteiger partial charge in [-0.25, -0.2) is 0 Å². The molecular formula is C23H29ClN4O.